The number of nitrogens with one attached hydrogen (secondary N) is 3. The van der Waals surface area contributed by atoms with Gasteiger partial charge in [-0.3, -0.25) is 9.80 Å². The van der Waals surface area contributed by atoms with Gasteiger partial charge < -0.3 is 15.2 Å². The van der Waals surface area contributed by atoms with Crippen LogP contribution in [0.3, 0.4) is 0 Å². The van der Waals surface area contributed by atoms with Crippen LogP contribution in [0, 0.1) is 5.92 Å². The quantitative estimate of drug-likeness (QED) is 0.725. The molecule has 1 aromatic carbocycles. The fourth-order valence-electron chi connectivity index (χ4n) is 4.32. The molecule has 3 aliphatic rings. The standard InChI is InChI=1S/C20H24N6O2/c27-17-11-16(14-6-8-21-9-7-14)26-20(23-17)15(12-22-26)19-24-18(28-25-19)10-13-4-2-1-3-5-13/h1-5,11,14-15,20-22H,6-10,12H2,(H,23,27). The van der Waals surface area contributed by atoms with Crippen LogP contribution in [0.5, 0.6) is 0 Å². The highest BCUT2D eigenvalue weighted by molar-refractivity contribution is 5.89. The zero-order chi connectivity index (χ0) is 18.9. The topological polar surface area (TPSA) is 95.3 Å². The van der Waals surface area contributed by atoms with Gasteiger partial charge in [0.05, 0.1) is 12.3 Å². The Bertz CT molecular complexity index is 874. The highest BCUT2D eigenvalue weighted by Gasteiger charge is 2.43. The molecule has 146 valence electrons. The summed E-state index contributed by atoms with van der Waals surface area (Å²) in [7, 11) is 0. The molecule has 5 rings (SSSR count). The molecule has 8 heteroatoms. The Hall–Kier alpha value is -2.71. The van der Waals surface area contributed by atoms with Gasteiger partial charge in [-0.1, -0.05) is 35.5 Å². The van der Waals surface area contributed by atoms with E-state index in [4.69, 9.17) is 4.52 Å². The van der Waals surface area contributed by atoms with Crippen molar-refractivity contribution in [3.63, 3.8) is 0 Å². The van der Waals surface area contributed by atoms with Crippen molar-refractivity contribution in [1.29, 1.82) is 0 Å². The van der Waals surface area contributed by atoms with E-state index in [1.54, 1.807) is 6.08 Å². The van der Waals surface area contributed by atoms with Crippen molar-refractivity contribution < 1.29 is 9.32 Å². The first-order valence-electron chi connectivity index (χ1n) is 9.90. The molecule has 0 spiro atoms. The van der Waals surface area contributed by atoms with Crippen molar-refractivity contribution in [2.24, 2.45) is 5.92 Å². The SMILES string of the molecule is O=C1C=C(C2CCNCC2)N2NCC(c3noc(Cc4ccccc4)n3)C2N1. The smallest absolute Gasteiger partial charge is 0.247 e. The number of hydrazine groups is 1. The summed E-state index contributed by atoms with van der Waals surface area (Å²) in [6.07, 6.45) is 4.23. The van der Waals surface area contributed by atoms with Crippen LogP contribution in [-0.2, 0) is 11.2 Å². The molecule has 2 aromatic rings. The summed E-state index contributed by atoms with van der Waals surface area (Å²) in [6, 6.07) is 10.1. The van der Waals surface area contributed by atoms with Crippen molar-refractivity contribution in [2.75, 3.05) is 19.6 Å². The first-order valence-corrected chi connectivity index (χ1v) is 9.90. The lowest BCUT2D eigenvalue weighted by molar-refractivity contribution is -0.119. The van der Waals surface area contributed by atoms with Crippen LogP contribution in [0.1, 0.15) is 36.0 Å². The van der Waals surface area contributed by atoms with E-state index in [0.717, 1.165) is 37.2 Å². The van der Waals surface area contributed by atoms with Gasteiger partial charge in [0, 0.05) is 24.2 Å². The van der Waals surface area contributed by atoms with Gasteiger partial charge in [-0.2, -0.15) is 4.98 Å². The van der Waals surface area contributed by atoms with Crippen LogP contribution in [0.15, 0.2) is 46.6 Å². The fraction of sp³-hybridized carbons (Fsp3) is 0.450. The molecule has 0 bridgehead atoms. The van der Waals surface area contributed by atoms with Crippen LogP contribution >= 0.6 is 0 Å². The van der Waals surface area contributed by atoms with Crippen LogP contribution in [-0.4, -0.2) is 46.9 Å². The average molecular weight is 380 g/mol. The number of amides is 1. The number of fused-ring (bicyclic) bond motifs is 1. The minimum atomic E-state index is -0.190. The van der Waals surface area contributed by atoms with Gasteiger partial charge in [0.15, 0.2) is 5.82 Å². The molecule has 3 aliphatic heterocycles. The van der Waals surface area contributed by atoms with Gasteiger partial charge in [-0.25, -0.2) is 5.43 Å². The highest BCUT2D eigenvalue weighted by atomic mass is 16.5. The summed E-state index contributed by atoms with van der Waals surface area (Å²) in [6.45, 7) is 2.63. The van der Waals surface area contributed by atoms with E-state index in [0.29, 0.717) is 30.6 Å². The van der Waals surface area contributed by atoms with E-state index in [1.165, 1.54) is 0 Å². The van der Waals surface area contributed by atoms with Crippen molar-refractivity contribution >= 4 is 5.91 Å². The normalized spacial score (nSPS) is 25.4. The van der Waals surface area contributed by atoms with E-state index >= 15 is 0 Å². The molecule has 1 aromatic heterocycles. The van der Waals surface area contributed by atoms with E-state index in [1.807, 2.05) is 30.3 Å². The van der Waals surface area contributed by atoms with Gasteiger partial charge in [0.2, 0.25) is 11.8 Å². The summed E-state index contributed by atoms with van der Waals surface area (Å²) in [5.74, 6) is 1.52. The number of carbonyl (C=O) groups is 1. The number of nitrogens with zero attached hydrogens (tertiary/aromatic N) is 3. The Kier molecular flexibility index (Phi) is 4.58. The Morgan fingerprint density at radius 1 is 1.18 bits per heavy atom. The number of piperidine rings is 1. The van der Waals surface area contributed by atoms with Crippen molar-refractivity contribution in [1.82, 2.24) is 31.2 Å². The van der Waals surface area contributed by atoms with Gasteiger partial charge >= 0.3 is 0 Å². The average Bonchev–Trinajstić information content (AvgIpc) is 3.35. The zero-order valence-corrected chi connectivity index (χ0v) is 15.6. The summed E-state index contributed by atoms with van der Waals surface area (Å²) in [5.41, 5.74) is 5.65. The van der Waals surface area contributed by atoms with Crippen LogP contribution in [0.25, 0.3) is 0 Å². The zero-order valence-electron chi connectivity index (χ0n) is 15.6. The molecule has 0 aliphatic carbocycles. The lowest BCUT2D eigenvalue weighted by atomic mass is 9.92. The maximum absolute atomic E-state index is 12.4. The van der Waals surface area contributed by atoms with Crippen molar-refractivity contribution in [3.8, 4) is 0 Å². The maximum Gasteiger partial charge on any atom is 0.247 e. The third kappa shape index (κ3) is 3.29. The van der Waals surface area contributed by atoms with E-state index in [9.17, 15) is 4.79 Å². The fourth-order valence-corrected chi connectivity index (χ4v) is 4.32. The molecule has 2 fully saturated rings. The molecule has 4 heterocycles. The molecule has 0 radical (unpaired) electrons. The monoisotopic (exact) mass is 380 g/mol. The van der Waals surface area contributed by atoms with Crippen LogP contribution in [0.4, 0.5) is 0 Å². The molecule has 2 atom stereocenters. The number of aromatic nitrogens is 2. The molecule has 2 unspecified atom stereocenters. The molecular weight excluding hydrogens is 356 g/mol. The second kappa shape index (κ2) is 7.37. The summed E-state index contributed by atoms with van der Waals surface area (Å²) >= 11 is 0. The third-order valence-corrected chi connectivity index (χ3v) is 5.76. The number of carbonyl (C=O) groups excluding carboxylic acids is 1. The molecular formula is C20H24N6O2. The Balaban J connectivity index is 1.34. The van der Waals surface area contributed by atoms with Gasteiger partial charge in [0.1, 0.15) is 6.17 Å². The number of benzene rings is 1. The van der Waals surface area contributed by atoms with E-state index in [2.05, 4.69) is 31.2 Å². The van der Waals surface area contributed by atoms with Crippen molar-refractivity contribution in [2.45, 2.75) is 31.3 Å². The Labute approximate surface area is 163 Å². The predicted octanol–water partition coefficient (Wildman–Crippen LogP) is 0.904. The Morgan fingerprint density at radius 3 is 2.82 bits per heavy atom. The van der Waals surface area contributed by atoms with Gasteiger partial charge in [-0.05, 0) is 31.5 Å². The third-order valence-electron chi connectivity index (χ3n) is 5.76. The first-order chi connectivity index (χ1) is 13.8. The largest absolute Gasteiger partial charge is 0.339 e. The highest BCUT2D eigenvalue weighted by Crippen LogP contribution is 2.34. The minimum Gasteiger partial charge on any atom is -0.339 e. The van der Waals surface area contributed by atoms with E-state index < -0.39 is 0 Å². The van der Waals surface area contributed by atoms with Crippen LogP contribution in [0.2, 0.25) is 0 Å². The van der Waals surface area contributed by atoms with Crippen LogP contribution < -0.4 is 16.1 Å². The first kappa shape index (κ1) is 17.4. The molecule has 28 heavy (non-hydrogen) atoms. The summed E-state index contributed by atoms with van der Waals surface area (Å²) < 4.78 is 5.49. The molecule has 2 saturated heterocycles. The Morgan fingerprint density at radius 2 is 2.00 bits per heavy atom. The number of hydrogen-bond acceptors (Lipinski definition) is 7. The molecule has 1 amide bonds. The molecule has 3 N–H and O–H groups in total. The number of allylic oxidation sites excluding steroid dienone is 1. The van der Waals surface area contributed by atoms with Crippen molar-refractivity contribution in [3.05, 3.63) is 59.4 Å². The summed E-state index contributed by atoms with van der Waals surface area (Å²) in [4.78, 5) is 17.0. The second-order valence-electron chi connectivity index (χ2n) is 7.59. The summed E-state index contributed by atoms with van der Waals surface area (Å²) in [5, 5.41) is 12.8. The maximum atomic E-state index is 12.4. The predicted molar refractivity (Wildman–Crippen MR) is 102 cm³/mol. The molecule has 8 nitrogen and oxygen atoms in total. The second-order valence-corrected chi connectivity index (χ2v) is 7.59. The minimum absolute atomic E-state index is 0.0449. The lowest BCUT2D eigenvalue weighted by Gasteiger charge is -2.38. The van der Waals surface area contributed by atoms with Gasteiger partial charge in [0.25, 0.3) is 0 Å². The van der Waals surface area contributed by atoms with Gasteiger partial charge in [-0.15, -0.1) is 0 Å². The number of hydrogen-bond donors (Lipinski definition) is 3. The van der Waals surface area contributed by atoms with E-state index in [-0.39, 0.29) is 18.0 Å². The number of rotatable bonds is 4. The lowest BCUT2D eigenvalue weighted by Crippen LogP contribution is -2.54. The molecule has 0 saturated carbocycles.